The molecule has 0 bridgehead atoms. The molecule has 3 rings (SSSR count). The highest BCUT2D eigenvalue weighted by atomic mass is 16.5. The van der Waals surface area contributed by atoms with Crippen LogP contribution >= 0.6 is 0 Å². The van der Waals surface area contributed by atoms with Crippen molar-refractivity contribution in [2.75, 3.05) is 13.1 Å². The molecule has 25 heavy (non-hydrogen) atoms. The van der Waals surface area contributed by atoms with Crippen molar-refractivity contribution < 1.29 is 9.32 Å². The molecule has 0 unspecified atom stereocenters. The molecule has 2 aliphatic rings. The van der Waals surface area contributed by atoms with E-state index in [1.807, 2.05) is 0 Å². The normalized spacial score (nSPS) is 22.0. The minimum Gasteiger partial charge on any atom is -0.343 e. The Morgan fingerprint density at radius 2 is 2.12 bits per heavy atom. The van der Waals surface area contributed by atoms with E-state index in [-0.39, 0.29) is 5.91 Å². The van der Waals surface area contributed by atoms with Crippen LogP contribution in [0.25, 0.3) is 0 Å². The summed E-state index contributed by atoms with van der Waals surface area (Å²) in [6, 6.07) is 0. The zero-order valence-corrected chi connectivity index (χ0v) is 15.5. The van der Waals surface area contributed by atoms with Gasteiger partial charge in [0.05, 0.1) is 6.54 Å². The van der Waals surface area contributed by atoms with Crippen LogP contribution in [-0.2, 0) is 16.9 Å². The summed E-state index contributed by atoms with van der Waals surface area (Å²) in [5.41, 5.74) is -0.440. The fraction of sp³-hybridized carbons (Fsp3) is 0.737. The SMILES string of the molecule is CCN(CC)Cc1nc(C2(NC(=O)C[C@H]3C=CCC3)CCCC2)no1. The third-order valence-corrected chi connectivity index (χ3v) is 5.55. The molecule has 0 aromatic carbocycles. The third kappa shape index (κ3) is 4.29. The summed E-state index contributed by atoms with van der Waals surface area (Å²) in [6.45, 7) is 6.81. The highest BCUT2D eigenvalue weighted by Gasteiger charge is 2.41. The van der Waals surface area contributed by atoms with Gasteiger partial charge in [0.2, 0.25) is 11.8 Å². The van der Waals surface area contributed by atoms with Crippen molar-refractivity contribution in [3.8, 4) is 0 Å². The lowest BCUT2D eigenvalue weighted by Crippen LogP contribution is -2.45. The lowest BCUT2D eigenvalue weighted by molar-refractivity contribution is -0.123. The number of allylic oxidation sites excluding steroid dienone is 2. The maximum Gasteiger partial charge on any atom is 0.240 e. The molecular weight excluding hydrogens is 316 g/mol. The van der Waals surface area contributed by atoms with E-state index >= 15 is 0 Å². The van der Waals surface area contributed by atoms with Gasteiger partial charge in [-0.15, -0.1) is 0 Å². The van der Waals surface area contributed by atoms with Gasteiger partial charge in [-0.2, -0.15) is 4.98 Å². The smallest absolute Gasteiger partial charge is 0.240 e. The molecule has 1 N–H and O–H groups in total. The van der Waals surface area contributed by atoms with Crippen molar-refractivity contribution >= 4 is 5.91 Å². The first-order valence-electron chi connectivity index (χ1n) is 9.68. The van der Waals surface area contributed by atoms with E-state index < -0.39 is 5.54 Å². The predicted molar refractivity (Wildman–Crippen MR) is 95.7 cm³/mol. The zero-order valence-electron chi connectivity index (χ0n) is 15.5. The number of aromatic nitrogens is 2. The van der Waals surface area contributed by atoms with Crippen LogP contribution in [0.2, 0.25) is 0 Å². The van der Waals surface area contributed by atoms with Gasteiger partial charge in [-0.3, -0.25) is 9.69 Å². The topological polar surface area (TPSA) is 71.3 Å². The molecule has 1 amide bonds. The van der Waals surface area contributed by atoms with E-state index in [0.29, 0.717) is 30.6 Å². The van der Waals surface area contributed by atoms with Crippen molar-refractivity contribution in [2.24, 2.45) is 5.92 Å². The van der Waals surface area contributed by atoms with Gasteiger partial charge in [0.15, 0.2) is 5.82 Å². The summed E-state index contributed by atoms with van der Waals surface area (Å²) >= 11 is 0. The van der Waals surface area contributed by atoms with Crippen LogP contribution < -0.4 is 5.32 Å². The highest BCUT2D eigenvalue weighted by molar-refractivity contribution is 5.77. The Hall–Kier alpha value is -1.69. The van der Waals surface area contributed by atoms with Crippen LogP contribution in [0.15, 0.2) is 16.7 Å². The van der Waals surface area contributed by atoms with Gasteiger partial charge in [-0.25, -0.2) is 0 Å². The molecule has 1 aromatic heterocycles. The Labute approximate surface area is 150 Å². The van der Waals surface area contributed by atoms with Crippen LogP contribution in [0.5, 0.6) is 0 Å². The Bertz CT molecular complexity index is 600. The predicted octanol–water partition coefficient (Wildman–Crippen LogP) is 3.15. The third-order valence-electron chi connectivity index (χ3n) is 5.55. The highest BCUT2D eigenvalue weighted by Crippen LogP contribution is 2.37. The van der Waals surface area contributed by atoms with E-state index in [4.69, 9.17) is 4.52 Å². The van der Waals surface area contributed by atoms with Gasteiger partial charge in [-0.05, 0) is 44.7 Å². The Morgan fingerprint density at radius 3 is 2.76 bits per heavy atom. The lowest BCUT2D eigenvalue weighted by Gasteiger charge is -2.27. The second-order valence-corrected chi connectivity index (χ2v) is 7.28. The number of amides is 1. The minimum absolute atomic E-state index is 0.105. The maximum absolute atomic E-state index is 12.6. The number of nitrogens with one attached hydrogen (secondary N) is 1. The monoisotopic (exact) mass is 346 g/mol. The van der Waals surface area contributed by atoms with Crippen LogP contribution in [0, 0.1) is 5.92 Å². The molecule has 1 saturated carbocycles. The molecule has 2 aliphatic carbocycles. The average molecular weight is 346 g/mol. The zero-order chi connectivity index (χ0) is 17.7. The molecule has 6 heteroatoms. The number of carbonyl (C=O) groups excluding carboxylic acids is 1. The quantitative estimate of drug-likeness (QED) is 0.732. The Kier molecular flexibility index (Phi) is 5.89. The summed E-state index contributed by atoms with van der Waals surface area (Å²) in [4.78, 5) is 19.4. The molecular formula is C19H30N4O2. The van der Waals surface area contributed by atoms with E-state index in [2.05, 4.69) is 46.4 Å². The molecule has 0 saturated heterocycles. The fourth-order valence-corrected chi connectivity index (χ4v) is 3.96. The van der Waals surface area contributed by atoms with Crippen LogP contribution in [0.4, 0.5) is 0 Å². The van der Waals surface area contributed by atoms with Gasteiger partial charge in [0.25, 0.3) is 0 Å². The summed E-state index contributed by atoms with van der Waals surface area (Å²) in [5.74, 6) is 1.77. The maximum atomic E-state index is 12.6. The number of nitrogens with zero attached hydrogens (tertiary/aromatic N) is 3. The second-order valence-electron chi connectivity index (χ2n) is 7.28. The van der Waals surface area contributed by atoms with E-state index in [9.17, 15) is 4.79 Å². The van der Waals surface area contributed by atoms with Crippen molar-refractivity contribution in [1.82, 2.24) is 20.4 Å². The van der Waals surface area contributed by atoms with E-state index in [1.54, 1.807) is 0 Å². The van der Waals surface area contributed by atoms with Gasteiger partial charge in [0.1, 0.15) is 5.54 Å². The summed E-state index contributed by atoms with van der Waals surface area (Å²) in [5, 5.41) is 7.49. The minimum atomic E-state index is -0.440. The van der Waals surface area contributed by atoms with Crippen LogP contribution in [0.1, 0.15) is 70.5 Å². The average Bonchev–Trinajstić information content (AvgIpc) is 3.34. The van der Waals surface area contributed by atoms with Gasteiger partial charge in [-0.1, -0.05) is 44.0 Å². The standard InChI is InChI=1S/C19H30N4O2/c1-3-23(4-2)14-17-20-18(22-25-17)19(11-7-8-12-19)21-16(24)13-15-9-5-6-10-15/h5,9,15H,3-4,6-8,10-14H2,1-2H3,(H,21,24)/t15-/m0/s1. The second kappa shape index (κ2) is 8.13. The molecule has 0 aliphatic heterocycles. The fourth-order valence-electron chi connectivity index (χ4n) is 3.96. The molecule has 6 nitrogen and oxygen atoms in total. The Balaban J connectivity index is 1.68. The van der Waals surface area contributed by atoms with E-state index in [0.717, 1.165) is 51.6 Å². The van der Waals surface area contributed by atoms with Crippen LogP contribution in [-0.4, -0.2) is 34.0 Å². The lowest BCUT2D eigenvalue weighted by atomic mass is 9.95. The largest absolute Gasteiger partial charge is 0.343 e. The van der Waals surface area contributed by atoms with Crippen molar-refractivity contribution in [2.45, 2.75) is 70.9 Å². The molecule has 1 heterocycles. The van der Waals surface area contributed by atoms with E-state index in [1.165, 1.54) is 0 Å². The van der Waals surface area contributed by atoms with Crippen molar-refractivity contribution in [3.05, 3.63) is 23.9 Å². The van der Waals surface area contributed by atoms with Crippen LogP contribution in [0.3, 0.4) is 0 Å². The summed E-state index contributed by atoms with van der Waals surface area (Å²) < 4.78 is 5.49. The Morgan fingerprint density at radius 1 is 1.36 bits per heavy atom. The number of rotatable bonds is 8. The van der Waals surface area contributed by atoms with Gasteiger partial charge < -0.3 is 9.84 Å². The molecule has 1 aromatic rings. The number of carbonyl (C=O) groups is 1. The van der Waals surface area contributed by atoms with Gasteiger partial charge in [0, 0.05) is 6.42 Å². The van der Waals surface area contributed by atoms with Gasteiger partial charge >= 0.3 is 0 Å². The molecule has 0 spiro atoms. The number of hydrogen-bond donors (Lipinski definition) is 1. The first-order valence-corrected chi connectivity index (χ1v) is 9.68. The first-order chi connectivity index (χ1) is 12.1. The van der Waals surface area contributed by atoms with Crippen molar-refractivity contribution in [1.29, 1.82) is 0 Å². The molecule has 1 atom stereocenters. The molecule has 1 fully saturated rings. The summed E-state index contributed by atoms with van der Waals surface area (Å²) in [6.07, 6.45) is 11.0. The summed E-state index contributed by atoms with van der Waals surface area (Å²) in [7, 11) is 0. The van der Waals surface area contributed by atoms with Crippen molar-refractivity contribution in [3.63, 3.8) is 0 Å². The number of hydrogen-bond acceptors (Lipinski definition) is 5. The molecule has 138 valence electrons. The molecule has 0 radical (unpaired) electrons. The first kappa shape index (κ1) is 18.1.